The number of rotatable bonds is 12. The number of nitrogens with one attached hydrogen (secondary N) is 1. The molecule has 2 aliphatic rings. The lowest BCUT2D eigenvalue weighted by Crippen LogP contribution is -2.43. The van der Waals surface area contributed by atoms with Gasteiger partial charge in [-0.05, 0) is 11.6 Å². The Bertz CT molecular complexity index is 1080. The molecular weight excluding hydrogens is 533 g/mol. The molecule has 1 fully saturated rings. The Morgan fingerprint density at radius 1 is 1.21 bits per heavy atom. The number of carbonyl (C=O) groups excluding carboxylic acids is 2. The van der Waals surface area contributed by atoms with Crippen LogP contribution in [0.2, 0.25) is 0 Å². The largest absolute Gasteiger partial charge is 0.405 e. The zero-order chi connectivity index (χ0) is 27.9. The molecule has 210 valence electrons. The van der Waals surface area contributed by atoms with Crippen LogP contribution in [0.4, 0.5) is 0 Å². The van der Waals surface area contributed by atoms with Crippen molar-refractivity contribution in [3.8, 4) is 0 Å². The Balaban J connectivity index is 1.61. The number of hydrogen-bond donors (Lipinski definition) is 4. The van der Waals surface area contributed by atoms with Gasteiger partial charge in [-0.25, -0.2) is 9.65 Å². The van der Waals surface area contributed by atoms with E-state index in [1.54, 1.807) is 23.3 Å². The molecule has 5 atom stereocenters. The molecule has 3 rings (SSSR count). The fourth-order valence-corrected chi connectivity index (χ4v) is 5.86. The lowest BCUT2D eigenvalue weighted by molar-refractivity contribution is -0.117. The molecule has 0 bridgehead atoms. The molecule has 1 aromatic rings. The maximum Gasteiger partial charge on any atom is 0.405 e. The molecule has 1 saturated heterocycles. The van der Waals surface area contributed by atoms with Crippen LogP contribution in [0, 0.1) is 5.41 Å². The SMILES string of the molecule is CC(C)(C)C(=O)SCCOP(=O)(NCc1ccccc1)OCC1OC(N2C=CC=C(C(N)=O)C2)C(O)C1O. The minimum atomic E-state index is -3.90. The zero-order valence-electron chi connectivity index (χ0n) is 21.7. The number of ether oxygens (including phenoxy) is 1. The fourth-order valence-electron chi connectivity index (χ4n) is 3.64. The Morgan fingerprint density at radius 2 is 1.92 bits per heavy atom. The Morgan fingerprint density at radius 3 is 2.58 bits per heavy atom. The van der Waals surface area contributed by atoms with Gasteiger partial charge in [0.05, 0.1) is 19.8 Å². The zero-order valence-corrected chi connectivity index (χ0v) is 23.4. The summed E-state index contributed by atoms with van der Waals surface area (Å²) in [6, 6.07) is 9.24. The lowest BCUT2D eigenvalue weighted by atomic mass is 10.00. The van der Waals surface area contributed by atoms with Crippen molar-refractivity contribution in [3.63, 3.8) is 0 Å². The summed E-state index contributed by atoms with van der Waals surface area (Å²) in [5, 5.41) is 24.0. The second-order valence-electron chi connectivity index (χ2n) is 9.95. The number of benzene rings is 1. The quantitative estimate of drug-likeness (QED) is 0.215. The van der Waals surface area contributed by atoms with Gasteiger partial charge >= 0.3 is 7.75 Å². The predicted molar refractivity (Wildman–Crippen MR) is 144 cm³/mol. The first-order valence-corrected chi connectivity index (χ1v) is 14.7. The molecular formula is C25H36N3O8PS. The van der Waals surface area contributed by atoms with Crippen molar-refractivity contribution in [1.82, 2.24) is 9.99 Å². The van der Waals surface area contributed by atoms with Gasteiger partial charge in [0.25, 0.3) is 0 Å². The normalized spacial score (nSPS) is 25.2. The molecule has 11 nitrogen and oxygen atoms in total. The first-order chi connectivity index (χ1) is 17.9. The number of aliphatic hydroxyl groups excluding tert-OH is 2. The molecule has 0 saturated carbocycles. The Hall–Kier alpha value is -2.02. The Kier molecular flexibility index (Phi) is 10.7. The van der Waals surface area contributed by atoms with Crippen LogP contribution in [0.5, 0.6) is 0 Å². The molecule has 2 heterocycles. The summed E-state index contributed by atoms with van der Waals surface area (Å²) in [6.45, 7) is 5.36. The van der Waals surface area contributed by atoms with Gasteiger partial charge in [0.15, 0.2) is 11.3 Å². The van der Waals surface area contributed by atoms with E-state index in [0.717, 1.165) is 17.3 Å². The molecule has 1 aromatic carbocycles. The van der Waals surface area contributed by atoms with E-state index in [0.29, 0.717) is 5.57 Å². The van der Waals surface area contributed by atoms with Crippen molar-refractivity contribution >= 4 is 30.5 Å². The van der Waals surface area contributed by atoms with E-state index in [1.807, 2.05) is 51.1 Å². The van der Waals surface area contributed by atoms with E-state index >= 15 is 0 Å². The highest BCUT2D eigenvalue weighted by Gasteiger charge is 2.46. The smallest absolute Gasteiger partial charge is 0.387 e. The molecule has 13 heteroatoms. The standard InChI is InChI=1S/C25H36N3O8PS/c1-25(2,3)24(32)38-13-12-34-37(33,27-14-17-8-5-4-6-9-17)35-16-19-20(29)21(30)23(36-19)28-11-7-10-18(15-28)22(26)31/h4-11,19-21,23,29-30H,12-16H2,1-3H3,(H2,26,31)(H,27,33). The number of allylic oxidation sites excluding steroid dienone is 2. The van der Waals surface area contributed by atoms with Gasteiger partial charge in [-0.1, -0.05) is 68.9 Å². The summed E-state index contributed by atoms with van der Waals surface area (Å²) in [4.78, 5) is 25.3. The van der Waals surface area contributed by atoms with Gasteiger partial charge in [-0.3, -0.25) is 18.6 Å². The van der Waals surface area contributed by atoms with Crippen LogP contribution in [0.15, 0.2) is 54.3 Å². The van der Waals surface area contributed by atoms with Crippen molar-refractivity contribution in [3.05, 3.63) is 59.8 Å². The minimum Gasteiger partial charge on any atom is -0.387 e. The Labute approximate surface area is 227 Å². The van der Waals surface area contributed by atoms with Gasteiger partial charge in [-0.15, -0.1) is 0 Å². The van der Waals surface area contributed by atoms with Gasteiger partial charge in [0.2, 0.25) is 5.91 Å². The van der Waals surface area contributed by atoms with Gasteiger partial charge in [0.1, 0.15) is 18.3 Å². The van der Waals surface area contributed by atoms with E-state index in [9.17, 15) is 24.4 Å². The number of nitrogens with two attached hydrogens (primary N) is 1. The summed E-state index contributed by atoms with van der Waals surface area (Å²) >= 11 is 1.09. The summed E-state index contributed by atoms with van der Waals surface area (Å²) in [5.41, 5.74) is 6.02. The van der Waals surface area contributed by atoms with Crippen LogP contribution in [0.1, 0.15) is 26.3 Å². The van der Waals surface area contributed by atoms with E-state index in [1.165, 1.54) is 0 Å². The number of thioether (sulfide) groups is 1. The number of primary amides is 1. The van der Waals surface area contributed by atoms with Crippen molar-refractivity contribution in [1.29, 1.82) is 0 Å². The molecule has 0 aromatic heterocycles. The van der Waals surface area contributed by atoms with Crippen LogP contribution in [-0.4, -0.2) is 76.2 Å². The molecule has 1 amide bonds. The van der Waals surface area contributed by atoms with Crippen LogP contribution >= 0.6 is 19.5 Å². The molecule has 2 aliphatic heterocycles. The van der Waals surface area contributed by atoms with Crippen LogP contribution < -0.4 is 10.8 Å². The molecule has 5 unspecified atom stereocenters. The predicted octanol–water partition coefficient (Wildman–Crippen LogP) is 1.91. The second-order valence-corrected chi connectivity index (χ2v) is 12.8. The van der Waals surface area contributed by atoms with Crippen LogP contribution in [0.3, 0.4) is 0 Å². The monoisotopic (exact) mass is 569 g/mol. The minimum absolute atomic E-state index is 0.0160. The van der Waals surface area contributed by atoms with Crippen molar-refractivity contribution in [2.75, 3.05) is 25.5 Å². The molecule has 5 N–H and O–H groups in total. The van der Waals surface area contributed by atoms with Gasteiger partial charge in [0, 0.05) is 29.5 Å². The first-order valence-electron chi connectivity index (χ1n) is 12.2. The summed E-state index contributed by atoms with van der Waals surface area (Å²) in [7, 11) is -3.90. The van der Waals surface area contributed by atoms with E-state index in [4.69, 9.17) is 19.5 Å². The third-order valence-corrected chi connectivity index (χ3v) is 8.63. The van der Waals surface area contributed by atoms with E-state index in [2.05, 4.69) is 5.09 Å². The molecule has 0 spiro atoms. The summed E-state index contributed by atoms with van der Waals surface area (Å²) < 4.78 is 30.6. The molecule has 0 radical (unpaired) electrons. The number of hydrogen-bond acceptors (Lipinski definition) is 10. The average Bonchev–Trinajstić information content (AvgIpc) is 3.17. The topological polar surface area (TPSA) is 161 Å². The van der Waals surface area contributed by atoms with E-state index in [-0.39, 0.29) is 37.2 Å². The lowest BCUT2D eigenvalue weighted by Gasteiger charge is -2.31. The number of nitrogens with zero attached hydrogens (tertiary/aromatic N) is 1. The maximum atomic E-state index is 13.5. The maximum absolute atomic E-state index is 13.5. The molecule has 0 aliphatic carbocycles. The van der Waals surface area contributed by atoms with Crippen molar-refractivity contribution in [2.24, 2.45) is 11.1 Å². The highest BCUT2D eigenvalue weighted by Crippen LogP contribution is 2.45. The number of aliphatic hydroxyl groups is 2. The van der Waals surface area contributed by atoms with Crippen molar-refractivity contribution in [2.45, 2.75) is 51.9 Å². The second kappa shape index (κ2) is 13.4. The summed E-state index contributed by atoms with van der Waals surface area (Å²) in [6.07, 6.45) is 0.0952. The number of carbonyl (C=O) groups is 2. The van der Waals surface area contributed by atoms with E-state index < -0.39 is 43.6 Å². The number of amides is 1. The fraction of sp³-hybridized carbons (Fsp3) is 0.520. The highest BCUT2D eigenvalue weighted by atomic mass is 32.2. The highest BCUT2D eigenvalue weighted by molar-refractivity contribution is 8.13. The molecule has 38 heavy (non-hydrogen) atoms. The van der Waals surface area contributed by atoms with Crippen LogP contribution in [-0.2, 0) is 34.5 Å². The van der Waals surface area contributed by atoms with Gasteiger partial charge in [-0.2, -0.15) is 0 Å². The van der Waals surface area contributed by atoms with Crippen molar-refractivity contribution < 1.29 is 38.2 Å². The average molecular weight is 570 g/mol. The van der Waals surface area contributed by atoms with Crippen LogP contribution in [0.25, 0.3) is 0 Å². The van der Waals surface area contributed by atoms with Gasteiger partial charge < -0.3 is 25.6 Å². The first kappa shape index (κ1) is 30.5. The third-order valence-electron chi connectivity index (χ3n) is 5.83. The third kappa shape index (κ3) is 8.49. The summed E-state index contributed by atoms with van der Waals surface area (Å²) in [5.74, 6) is -0.325.